The maximum Gasteiger partial charge on any atom is 0.262 e. The van der Waals surface area contributed by atoms with Crippen LogP contribution in [0.3, 0.4) is 0 Å². The predicted octanol–water partition coefficient (Wildman–Crippen LogP) is 0.976. The van der Waals surface area contributed by atoms with Crippen molar-refractivity contribution in [1.82, 2.24) is 18.8 Å². The van der Waals surface area contributed by atoms with E-state index in [4.69, 9.17) is 0 Å². The largest absolute Gasteiger partial charge is 0.337 e. The van der Waals surface area contributed by atoms with Crippen LogP contribution in [0.4, 0.5) is 0 Å². The third-order valence-corrected chi connectivity index (χ3v) is 6.66. The highest BCUT2D eigenvalue weighted by molar-refractivity contribution is 7.89. The predicted molar refractivity (Wildman–Crippen MR) is 80.5 cm³/mol. The molecule has 0 aromatic carbocycles. The minimum absolute atomic E-state index is 0.0617. The van der Waals surface area contributed by atoms with Gasteiger partial charge >= 0.3 is 0 Å². The lowest BCUT2D eigenvalue weighted by molar-refractivity contribution is 0.106. The number of sulfonamides is 1. The van der Waals surface area contributed by atoms with Crippen LogP contribution in [-0.4, -0.2) is 58.9 Å². The molecule has 1 aromatic heterocycles. The average Bonchev–Trinajstić information content (AvgIpc) is 3.04. The average molecular weight is 312 g/mol. The summed E-state index contributed by atoms with van der Waals surface area (Å²) in [5.41, 5.74) is 0. The van der Waals surface area contributed by atoms with Crippen molar-refractivity contribution in [2.45, 2.75) is 50.2 Å². The van der Waals surface area contributed by atoms with Crippen LogP contribution in [0.15, 0.2) is 11.2 Å². The van der Waals surface area contributed by atoms with Crippen molar-refractivity contribution < 1.29 is 8.42 Å². The van der Waals surface area contributed by atoms with E-state index in [9.17, 15) is 8.42 Å². The zero-order valence-electron chi connectivity index (χ0n) is 13.0. The van der Waals surface area contributed by atoms with Crippen molar-refractivity contribution in [1.29, 1.82) is 0 Å². The summed E-state index contributed by atoms with van der Waals surface area (Å²) in [7, 11) is -1.66. The second-order valence-electron chi connectivity index (χ2n) is 6.17. The molecule has 0 aliphatic carbocycles. The van der Waals surface area contributed by atoms with Crippen LogP contribution in [0.25, 0.3) is 0 Å². The van der Waals surface area contributed by atoms with Gasteiger partial charge in [0, 0.05) is 38.4 Å². The van der Waals surface area contributed by atoms with E-state index in [1.165, 1.54) is 6.42 Å². The molecule has 2 saturated heterocycles. The van der Waals surface area contributed by atoms with E-state index in [-0.39, 0.29) is 11.1 Å². The minimum atomic E-state index is -3.49. The van der Waals surface area contributed by atoms with Gasteiger partial charge in [0.2, 0.25) is 0 Å². The number of hydrogen-bond acceptors (Lipinski definition) is 4. The number of piperazine rings is 1. The summed E-state index contributed by atoms with van der Waals surface area (Å²) >= 11 is 0. The Morgan fingerprint density at radius 2 is 2.14 bits per heavy atom. The molecule has 0 unspecified atom stereocenters. The van der Waals surface area contributed by atoms with E-state index in [0.717, 1.165) is 31.8 Å². The van der Waals surface area contributed by atoms with E-state index in [0.29, 0.717) is 12.6 Å². The van der Waals surface area contributed by atoms with Crippen LogP contribution < -0.4 is 0 Å². The first kappa shape index (κ1) is 15.0. The Bertz CT molecular complexity index is 605. The Morgan fingerprint density at radius 1 is 1.38 bits per heavy atom. The van der Waals surface area contributed by atoms with Gasteiger partial charge in [0.05, 0.1) is 0 Å². The zero-order valence-corrected chi connectivity index (χ0v) is 13.8. The van der Waals surface area contributed by atoms with Gasteiger partial charge in [0.1, 0.15) is 5.82 Å². The number of imidazole rings is 1. The molecule has 0 saturated carbocycles. The van der Waals surface area contributed by atoms with Crippen molar-refractivity contribution in [3.05, 3.63) is 12.0 Å². The van der Waals surface area contributed by atoms with E-state index >= 15 is 0 Å². The second-order valence-corrected chi connectivity index (χ2v) is 8.00. The Kier molecular flexibility index (Phi) is 3.83. The molecule has 0 amide bonds. The van der Waals surface area contributed by atoms with E-state index in [1.54, 1.807) is 15.1 Å². The first-order valence-corrected chi connectivity index (χ1v) is 9.13. The van der Waals surface area contributed by atoms with Gasteiger partial charge in [-0.15, -0.1) is 0 Å². The number of nitrogens with zero attached hydrogens (tertiary/aromatic N) is 4. The molecular formula is C14H24N4O2S. The normalized spacial score (nSPS) is 28.0. The molecule has 2 fully saturated rings. The molecule has 0 radical (unpaired) electrons. The number of rotatable bonds is 3. The van der Waals surface area contributed by atoms with Gasteiger partial charge in [0.25, 0.3) is 10.0 Å². The maximum atomic E-state index is 12.9. The summed E-state index contributed by atoms with van der Waals surface area (Å²) in [6.07, 6.45) is 4.74. The molecule has 0 spiro atoms. The first-order chi connectivity index (χ1) is 9.93. The van der Waals surface area contributed by atoms with Gasteiger partial charge in [-0.25, -0.2) is 13.4 Å². The van der Waals surface area contributed by atoms with Crippen molar-refractivity contribution in [2.75, 3.05) is 19.6 Å². The lowest BCUT2D eigenvalue weighted by atomic mass is 10.1. The summed E-state index contributed by atoms with van der Waals surface area (Å²) in [5, 5.41) is 0.187. The number of hydrogen-bond donors (Lipinski definition) is 0. The highest BCUT2D eigenvalue weighted by atomic mass is 32.2. The molecule has 6 nitrogen and oxygen atoms in total. The molecule has 0 bridgehead atoms. The number of aromatic nitrogens is 2. The molecule has 0 N–H and O–H groups in total. The molecule has 118 valence electrons. The van der Waals surface area contributed by atoms with Crippen molar-refractivity contribution in [3.63, 3.8) is 0 Å². The quantitative estimate of drug-likeness (QED) is 0.835. The standard InChI is InChI=1S/C14H24N4O2S/c1-4-12-8-17-7-5-6-13(17)9-18(12)21(19,20)14-10-16(3)11(2)15-14/h10,12-13H,4-9H2,1-3H3/t12-,13+/m0/s1. The lowest BCUT2D eigenvalue weighted by Gasteiger charge is -2.42. The van der Waals surface area contributed by atoms with Crippen LogP contribution in [-0.2, 0) is 17.1 Å². The van der Waals surface area contributed by atoms with Gasteiger partial charge in [-0.3, -0.25) is 4.90 Å². The fourth-order valence-electron chi connectivity index (χ4n) is 3.46. The van der Waals surface area contributed by atoms with Crippen LogP contribution in [0, 0.1) is 6.92 Å². The fourth-order valence-corrected chi connectivity index (χ4v) is 5.21. The van der Waals surface area contributed by atoms with Crippen molar-refractivity contribution in [2.24, 2.45) is 7.05 Å². The molecule has 7 heteroatoms. The molecule has 2 aliphatic rings. The maximum absolute atomic E-state index is 12.9. The van der Waals surface area contributed by atoms with Crippen LogP contribution in [0.2, 0.25) is 0 Å². The van der Waals surface area contributed by atoms with Crippen LogP contribution in [0.5, 0.6) is 0 Å². The molecule has 2 aliphatic heterocycles. The van der Waals surface area contributed by atoms with Crippen molar-refractivity contribution >= 4 is 10.0 Å². The smallest absolute Gasteiger partial charge is 0.262 e. The third kappa shape index (κ3) is 2.51. The van der Waals surface area contributed by atoms with Gasteiger partial charge < -0.3 is 4.57 Å². The molecule has 2 atom stereocenters. The first-order valence-electron chi connectivity index (χ1n) is 7.69. The fraction of sp³-hybridized carbons (Fsp3) is 0.786. The monoisotopic (exact) mass is 312 g/mol. The Morgan fingerprint density at radius 3 is 2.76 bits per heavy atom. The SMILES string of the molecule is CC[C@H]1CN2CCC[C@@H]2CN1S(=O)(=O)c1cn(C)c(C)n1. The zero-order chi connectivity index (χ0) is 15.2. The van der Waals surface area contributed by atoms with Gasteiger partial charge in [0.15, 0.2) is 5.03 Å². The van der Waals surface area contributed by atoms with E-state index < -0.39 is 10.0 Å². The van der Waals surface area contributed by atoms with E-state index in [1.807, 2.05) is 14.0 Å². The van der Waals surface area contributed by atoms with Crippen molar-refractivity contribution in [3.8, 4) is 0 Å². The Labute approximate surface area is 126 Å². The van der Waals surface area contributed by atoms with Gasteiger partial charge in [-0.05, 0) is 32.7 Å². The molecular weight excluding hydrogens is 288 g/mol. The minimum Gasteiger partial charge on any atom is -0.337 e. The Hall–Kier alpha value is -0.920. The molecule has 1 aromatic rings. The van der Waals surface area contributed by atoms with Gasteiger partial charge in [-0.2, -0.15) is 4.31 Å². The highest BCUT2D eigenvalue weighted by Gasteiger charge is 2.42. The van der Waals surface area contributed by atoms with Crippen LogP contribution >= 0.6 is 0 Å². The molecule has 21 heavy (non-hydrogen) atoms. The van der Waals surface area contributed by atoms with Gasteiger partial charge in [-0.1, -0.05) is 6.92 Å². The summed E-state index contributed by atoms with van der Waals surface area (Å²) in [5.74, 6) is 0.723. The van der Waals surface area contributed by atoms with Crippen LogP contribution in [0.1, 0.15) is 32.0 Å². The third-order valence-electron chi connectivity index (χ3n) is 4.87. The summed E-state index contributed by atoms with van der Waals surface area (Å²) in [4.78, 5) is 6.68. The van der Waals surface area contributed by atoms with E-state index in [2.05, 4.69) is 16.8 Å². The second kappa shape index (κ2) is 5.37. The topological polar surface area (TPSA) is 58.4 Å². The summed E-state index contributed by atoms with van der Waals surface area (Å²) in [6.45, 7) is 6.46. The Balaban J connectivity index is 1.92. The number of aryl methyl sites for hydroxylation is 2. The summed E-state index contributed by atoms with van der Waals surface area (Å²) < 4.78 is 29.3. The lowest BCUT2D eigenvalue weighted by Crippen LogP contribution is -2.57. The number of fused-ring (bicyclic) bond motifs is 1. The molecule has 3 rings (SSSR count). The summed E-state index contributed by atoms with van der Waals surface area (Å²) in [6, 6.07) is 0.444. The highest BCUT2D eigenvalue weighted by Crippen LogP contribution is 2.29. The molecule has 3 heterocycles.